The van der Waals surface area contributed by atoms with Crippen molar-refractivity contribution >= 4 is 5.97 Å². The Kier molecular flexibility index (Phi) is 6.54. The molecule has 0 aliphatic heterocycles. The summed E-state index contributed by atoms with van der Waals surface area (Å²) in [5, 5.41) is 17.2. The SMILES string of the molecule is CNC(C)(c1ccc(OC(C)(C)C(=O)O)c(C)c1)c1cc(-c2ccc(C(F)(F)F)cc2)nn1C. The molecule has 0 saturated carbocycles. The number of aromatic nitrogens is 2. The Balaban J connectivity index is 1.98. The predicted octanol–water partition coefficient (Wildman–Crippen LogP) is 5.14. The lowest BCUT2D eigenvalue weighted by atomic mass is 9.87. The van der Waals surface area contributed by atoms with Gasteiger partial charge in [-0.25, -0.2) is 4.79 Å². The topological polar surface area (TPSA) is 76.4 Å². The van der Waals surface area contributed by atoms with Gasteiger partial charge in [0.05, 0.1) is 22.5 Å². The van der Waals surface area contributed by atoms with Crippen LogP contribution in [-0.2, 0) is 23.6 Å². The number of aryl methyl sites for hydroxylation is 2. The van der Waals surface area contributed by atoms with E-state index in [1.54, 1.807) is 24.8 Å². The molecule has 9 heteroatoms. The van der Waals surface area contributed by atoms with E-state index in [4.69, 9.17) is 4.74 Å². The summed E-state index contributed by atoms with van der Waals surface area (Å²) in [6, 6.07) is 12.2. The van der Waals surface area contributed by atoms with Crippen LogP contribution in [-0.4, -0.2) is 33.5 Å². The molecule has 0 aliphatic rings. The van der Waals surface area contributed by atoms with Gasteiger partial charge in [0.15, 0.2) is 5.60 Å². The number of hydrogen-bond donors (Lipinski definition) is 2. The molecular formula is C25H28F3N3O3. The van der Waals surface area contributed by atoms with Crippen molar-refractivity contribution in [2.24, 2.45) is 7.05 Å². The Morgan fingerprint density at radius 1 is 1.03 bits per heavy atom. The van der Waals surface area contributed by atoms with Crippen LogP contribution in [0.15, 0.2) is 48.5 Å². The normalized spacial score (nSPS) is 14.0. The van der Waals surface area contributed by atoms with Crippen LogP contribution < -0.4 is 10.1 Å². The fourth-order valence-electron chi connectivity index (χ4n) is 3.72. The maximum Gasteiger partial charge on any atom is 0.416 e. The molecule has 0 saturated heterocycles. The van der Waals surface area contributed by atoms with Gasteiger partial charge in [-0.05, 0) is 70.1 Å². The molecule has 182 valence electrons. The maximum absolute atomic E-state index is 12.9. The van der Waals surface area contributed by atoms with E-state index in [0.717, 1.165) is 29.0 Å². The van der Waals surface area contributed by atoms with Gasteiger partial charge in [0.2, 0.25) is 0 Å². The zero-order chi connectivity index (χ0) is 25.5. The first-order chi connectivity index (χ1) is 15.7. The largest absolute Gasteiger partial charge is 0.478 e. The summed E-state index contributed by atoms with van der Waals surface area (Å²) in [6.07, 6.45) is -4.40. The number of rotatable bonds is 7. The zero-order valence-corrected chi connectivity index (χ0v) is 19.9. The lowest BCUT2D eigenvalue weighted by molar-refractivity contribution is -0.152. The number of alkyl halides is 3. The van der Waals surface area contributed by atoms with Crippen LogP contribution in [0.1, 0.15) is 43.2 Å². The van der Waals surface area contributed by atoms with Gasteiger partial charge in [-0.3, -0.25) is 4.68 Å². The number of aliphatic carboxylic acids is 1. The molecule has 1 unspecified atom stereocenters. The fraction of sp³-hybridized carbons (Fsp3) is 0.360. The standard InChI is InChI=1S/C25H28F3N3O3/c1-15-13-18(11-12-20(15)34-23(2,3)22(32)33)24(4,29-5)21-14-19(30-31(21)6)16-7-9-17(10-8-16)25(26,27)28/h7-14,29H,1-6H3,(H,32,33). The first kappa shape index (κ1) is 25.3. The molecule has 6 nitrogen and oxygen atoms in total. The second-order valence-corrected chi connectivity index (χ2v) is 8.89. The van der Waals surface area contributed by atoms with Crippen molar-refractivity contribution in [1.82, 2.24) is 15.1 Å². The van der Waals surface area contributed by atoms with Crippen LogP contribution in [0, 0.1) is 6.92 Å². The van der Waals surface area contributed by atoms with Gasteiger partial charge in [0.25, 0.3) is 0 Å². The van der Waals surface area contributed by atoms with E-state index in [2.05, 4.69) is 10.4 Å². The molecule has 1 heterocycles. The molecule has 0 spiro atoms. The zero-order valence-electron chi connectivity index (χ0n) is 19.9. The molecule has 2 aromatic carbocycles. The molecule has 2 N–H and O–H groups in total. The lowest BCUT2D eigenvalue weighted by Gasteiger charge is -2.31. The van der Waals surface area contributed by atoms with Crippen molar-refractivity contribution < 1.29 is 27.8 Å². The molecule has 0 amide bonds. The maximum atomic E-state index is 12.9. The number of halogens is 3. The third-order valence-corrected chi connectivity index (χ3v) is 6.03. The highest BCUT2D eigenvalue weighted by Gasteiger charge is 2.34. The second kappa shape index (κ2) is 8.79. The van der Waals surface area contributed by atoms with Crippen LogP contribution in [0.5, 0.6) is 5.75 Å². The van der Waals surface area contributed by atoms with Crippen LogP contribution >= 0.6 is 0 Å². The molecule has 0 bridgehead atoms. The summed E-state index contributed by atoms with van der Waals surface area (Å²) in [5.74, 6) is -0.605. The number of benzene rings is 2. The van der Waals surface area contributed by atoms with E-state index < -0.39 is 28.8 Å². The van der Waals surface area contributed by atoms with E-state index in [1.807, 2.05) is 32.0 Å². The molecule has 1 aromatic heterocycles. The minimum absolute atomic E-state index is 0.463. The average Bonchev–Trinajstić information content (AvgIpc) is 3.16. The summed E-state index contributed by atoms with van der Waals surface area (Å²) >= 11 is 0. The third-order valence-electron chi connectivity index (χ3n) is 6.03. The first-order valence-electron chi connectivity index (χ1n) is 10.6. The monoisotopic (exact) mass is 475 g/mol. The summed E-state index contributed by atoms with van der Waals surface area (Å²) in [7, 11) is 3.58. The first-order valence-corrected chi connectivity index (χ1v) is 10.6. The van der Waals surface area contributed by atoms with E-state index in [0.29, 0.717) is 17.0 Å². The molecule has 34 heavy (non-hydrogen) atoms. The van der Waals surface area contributed by atoms with Gasteiger partial charge < -0.3 is 15.2 Å². The number of hydrogen-bond acceptors (Lipinski definition) is 4. The van der Waals surface area contributed by atoms with Gasteiger partial charge in [0, 0.05) is 12.6 Å². The average molecular weight is 476 g/mol. The van der Waals surface area contributed by atoms with Crippen molar-refractivity contribution in [1.29, 1.82) is 0 Å². The third kappa shape index (κ3) is 4.79. The predicted molar refractivity (Wildman–Crippen MR) is 123 cm³/mol. The smallest absolute Gasteiger partial charge is 0.416 e. The highest BCUT2D eigenvalue weighted by molar-refractivity contribution is 5.76. The Morgan fingerprint density at radius 3 is 2.12 bits per heavy atom. The summed E-state index contributed by atoms with van der Waals surface area (Å²) in [6.45, 7) is 6.78. The second-order valence-electron chi connectivity index (χ2n) is 8.89. The molecule has 1 atom stereocenters. The Bertz CT molecular complexity index is 1200. The number of nitrogens with zero attached hydrogens (tertiary/aromatic N) is 2. The molecule has 3 rings (SSSR count). The van der Waals surface area contributed by atoms with Crippen LogP contribution in [0.2, 0.25) is 0 Å². The number of carboxylic acids is 1. The van der Waals surface area contributed by atoms with E-state index >= 15 is 0 Å². The van der Waals surface area contributed by atoms with Crippen molar-refractivity contribution in [3.05, 3.63) is 70.9 Å². The number of carbonyl (C=O) groups is 1. The fourth-order valence-corrected chi connectivity index (χ4v) is 3.72. The number of ether oxygens (including phenoxy) is 1. The number of nitrogens with one attached hydrogen (secondary N) is 1. The van der Waals surface area contributed by atoms with Crippen molar-refractivity contribution in [2.45, 2.75) is 45.0 Å². The highest BCUT2D eigenvalue weighted by atomic mass is 19.4. The van der Waals surface area contributed by atoms with Crippen LogP contribution in [0.3, 0.4) is 0 Å². The minimum Gasteiger partial charge on any atom is -0.478 e. The molecule has 3 aromatic rings. The Morgan fingerprint density at radius 2 is 1.62 bits per heavy atom. The molecular weight excluding hydrogens is 447 g/mol. The Hall–Kier alpha value is -3.33. The van der Waals surface area contributed by atoms with Crippen molar-refractivity contribution in [3.8, 4) is 17.0 Å². The summed E-state index contributed by atoms with van der Waals surface area (Å²) in [4.78, 5) is 11.4. The molecule has 0 fully saturated rings. The van der Waals surface area contributed by atoms with Crippen molar-refractivity contribution in [3.63, 3.8) is 0 Å². The van der Waals surface area contributed by atoms with E-state index in [-0.39, 0.29) is 0 Å². The number of carboxylic acid groups (broad SMARTS) is 1. The van der Waals surface area contributed by atoms with Gasteiger partial charge >= 0.3 is 12.1 Å². The van der Waals surface area contributed by atoms with E-state index in [9.17, 15) is 23.1 Å². The molecule has 0 radical (unpaired) electrons. The Labute approximate surface area is 196 Å². The minimum atomic E-state index is -4.40. The van der Waals surface area contributed by atoms with Crippen LogP contribution in [0.4, 0.5) is 13.2 Å². The quantitative estimate of drug-likeness (QED) is 0.495. The van der Waals surface area contributed by atoms with Gasteiger partial charge in [-0.2, -0.15) is 18.3 Å². The highest BCUT2D eigenvalue weighted by Crippen LogP contribution is 2.35. The summed E-state index contributed by atoms with van der Waals surface area (Å²) in [5.41, 5.74) is 0.777. The lowest BCUT2D eigenvalue weighted by Crippen LogP contribution is -2.40. The van der Waals surface area contributed by atoms with Gasteiger partial charge in [0.1, 0.15) is 5.75 Å². The van der Waals surface area contributed by atoms with Gasteiger partial charge in [-0.15, -0.1) is 0 Å². The van der Waals surface area contributed by atoms with Crippen molar-refractivity contribution in [2.75, 3.05) is 7.05 Å². The van der Waals surface area contributed by atoms with Crippen LogP contribution in [0.25, 0.3) is 11.3 Å². The van der Waals surface area contributed by atoms with Gasteiger partial charge in [-0.1, -0.05) is 24.3 Å². The summed E-state index contributed by atoms with van der Waals surface area (Å²) < 4.78 is 46.1. The molecule has 0 aliphatic carbocycles. The van der Waals surface area contributed by atoms with E-state index in [1.165, 1.54) is 26.0 Å².